The molecule has 1 aliphatic rings. The maximum absolute atomic E-state index is 11.9. The molecule has 1 atom stereocenters. The van der Waals surface area contributed by atoms with Crippen LogP contribution < -0.4 is 4.74 Å². The molecule has 17 heavy (non-hydrogen) atoms. The summed E-state index contributed by atoms with van der Waals surface area (Å²) in [7, 11) is 0.430. The molecule has 0 saturated heterocycles. The number of ketones is 1. The maximum atomic E-state index is 11.9. The van der Waals surface area contributed by atoms with Gasteiger partial charge in [-0.05, 0) is 37.0 Å². The third-order valence-corrected chi connectivity index (χ3v) is 4.04. The van der Waals surface area contributed by atoms with E-state index >= 15 is 0 Å². The Hall–Kier alpha value is -1.16. The van der Waals surface area contributed by atoms with Crippen LogP contribution in [0.5, 0.6) is 5.75 Å². The fourth-order valence-corrected chi connectivity index (χ4v) is 2.90. The van der Waals surface area contributed by atoms with Crippen LogP contribution >= 0.6 is 0 Å². The highest BCUT2D eigenvalue weighted by atomic mass is 32.2. The molecule has 0 N–H and O–H groups in total. The molecule has 0 fully saturated rings. The number of carbonyl (C=O) groups is 1. The van der Waals surface area contributed by atoms with E-state index in [0.29, 0.717) is 17.1 Å². The predicted octanol–water partition coefficient (Wildman–Crippen LogP) is 2.34. The van der Waals surface area contributed by atoms with Crippen molar-refractivity contribution < 1.29 is 13.7 Å². The summed E-state index contributed by atoms with van der Waals surface area (Å²) in [5.74, 6) is 0.783. The van der Waals surface area contributed by atoms with E-state index in [1.165, 1.54) is 0 Å². The lowest BCUT2D eigenvalue weighted by atomic mass is 10.0. The molecule has 0 heterocycles. The highest BCUT2D eigenvalue weighted by Crippen LogP contribution is 2.30. The van der Waals surface area contributed by atoms with E-state index in [-0.39, 0.29) is 5.78 Å². The fraction of sp³-hybridized carbons (Fsp3) is 0.462. The number of hydrogen-bond acceptors (Lipinski definition) is 3. The first-order valence-corrected chi connectivity index (χ1v) is 7.27. The minimum absolute atomic E-state index is 0.159. The van der Waals surface area contributed by atoms with Crippen molar-refractivity contribution in [2.45, 2.75) is 30.6 Å². The van der Waals surface area contributed by atoms with Crippen molar-refractivity contribution >= 4 is 16.6 Å². The largest absolute Gasteiger partial charge is 0.495 e. The van der Waals surface area contributed by atoms with Crippen LogP contribution in [0.15, 0.2) is 17.0 Å². The van der Waals surface area contributed by atoms with E-state index < -0.39 is 10.8 Å². The number of hydrogen-bond donors (Lipinski definition) is 0. The van der Waals surface area contributed by atoms with Gasteiger partial charge in [0.05, 0.1) is 22.8 Å². The topological polar surface area (TPSA) is 43.4 Å². The van der Waals surface area contributed by atoms with Crippen LogP contribution in [0.4, 0.5) is 0 Å². The molecule has 3 nitrogen and oxygen atoms in total. The summed E-state index contributed by atoms with van der Waals surface area (Å²) in [4.78, 5) is 12.6. The molecule has 0 amide bonds. The van der Waals surface area contributed by atoms with Crippen molar-refractivity contribution in [2.24, 2.45) is 0 Å². The summed E-state index contributed by atoms with van der Waals surface area (Å²) >= 11 is 0. The van der Waals surface area contributed by atoms with Gasteiger partial charge in [0, 0.05) is 18.2 Å². The minimum Gasteiger partial charge on any atom is -0.495 e. The summed E-state index contributed by atoms with van der Waals surface area (Å²) in [6.45, 7) is 0. The summed E-state index contributed by atoms with van der Waals surface area (Å²) in [6, 6.07) is 3.62. The molecule has 0 spiro atoms. The number of benzene rings is 1. The number of fused-ring (bicyclic) bond motifs is 1. The molecule has 0 radical (unpaired) electrons. The lowest BCUT2D eigenvalue weighted by Crippen LogP contribution is -2.04. The molecule has 0 aliphatic heterocycles. The van der Waals surface area contributed by atoms with Gasteiger partial charge in [-0.3, -0.25) is 9.00 Å². The molecule has 0 bridgehead atoms. The molecular formula is C13H16O3S. The van der Waals surface area contributed by atoms with E-state index in [4.69, 9.17) is 4.74 Å². The summed E-state index contributed by atoms with van der Waals surface area (Å²) < 4.78 is 16.9. The number of Topliss-reactive ketones (excluding diaryl/α,β-unsaturated/α-hetero) is 1. The van der Waals surface area contributed by atoms with Crippen LogP contribution in [0, 0.1) is 0 Å². The van der Waals surface area contributed by atoms with E-state index in [0.717, 1.165) is 30.4 Å². The van der Waals surface area contributed by atoms with Crippen LogP contribution in [0.25, 0.3) is 0 Å². The van der Waals surface area contributed by atoms with Gasteiger partial charge in [-0.25, -0.2) is 0 Å². The number of ether oxygens (including phenoxy) is 1. The Labute approximate surface area is 104 Å². The third-order valence-electron chi connectivity index (χ3n) is 3.10. The maximum Gasteiger partial charge on any atom is 0.163 e. The number of aryl methyl sites for hydroxylation is 1. The number of carbonyl (C=O) groups excluding carboxylic acids is 1. The van der Waals surface area contributed by atoms with E-state index in [1.54, 1.807) is 19.4 Å². The van der Waals surface area contributed by atoms with Crippen LogP contribution in [-0.4, -0.2) is 23.4 Å². The van der Waals surface area contributed by atoms with Crippen molar-refractivity contribution in [1.29, 1.82) is 0 Å². The number of rotatable bonds is 2. The van der Waals surface area contributed by atoms with Gasteiger partial charge in [0.15, 0.2) is 5.78 Å². The van der Waals surface area contributed by atoms with E-state index in [9.17, 15) is 9.00 Å². The fourth-order valence-electron chi connectivity index (χ4n) is 2.19. The normalized spacial score (nSPS) is 17.2. The zero-order valence-electron chi connectivity index (χ0n) is 10.1. The van der Waals surface area contributed by atoms with Crippen molar-refractivity contribution in [1.82, 2.24) is 0 Å². The van der Waals surface area contributed by atoms with Gasteiger partial charge in [-0.2, -0.15) is 0 Å². The lowest BCUT2D eigenvalue weighted by Gasteiger charge is -2.11. The smallest absolute Gasteiger partial charge is 0.163 e. The SMILES string of the molecule is COc1cc2c(cc1[S@@](C)=O)C(=O)CCCC2. The van der Waals surface area contributed by atoms with Crippen LogP contribution in [-0.2, 0) is 17.2 Å². The van der Waals surface area contributed by atoms with Crippen molar-refractivity contribution in [3.8, 4) is 5.75 Å². The van der Waals surface area contributed by atoms with E-state index in [1.807, 2.05) is 6.07 Å². The average Bonchev–Trinajstić information content (AvgIpc) is 2.49. The Kier molecular flexibility index (Phi) is 3.62. The van der Waals surface area contributed by atoms with Crippen molar-refractivity contribution in [2.75, 3.05) is 13.4 Å². The average molecular weight is 252 g/mol. The van der Waals surface area contributed by atoms with Crippen molar-refractivity contribution in [3.05, 3.63) is 23.3 Å². The standard InChI is InChI=1S/C13H16O3S/c1-16-12-7-9-5-3-4-6-11(14)10(9)8-13(12)17(2)15/h7-8H,3-6H2,1-2H3/t17-/m1/s1. The predicted molar refractivity (Wildman–Crippen MR) is 67.2 cm³/mol. The second-order valence-electron chi connectivity index (χ2n) is 4.24. The zero-order valence-corrected chi connectivity index (χ0v) is 10.9. The van der Waals surface area contributed by atoms with E-state index in [2.05, 4.69) is 0 Å². The molecule has 1 aromatic carbocycles. The molecule has 0 saturated carbocycles. The summed E-state index contributed by atoms with van der Waals surface area (Å²) in [6.07, 6.45) is 5.05. The Morgan fingerprint density at radius 1 is 1.24 bits per heavy atom. The molecule has 0 aromatic heterocycles. The van der Waals surface area contributed by atoms with Gasteiger partial charge >= 0.3 is 0 Å². The zero-order chi connectivity index (χ0) is 12.4. The second kappa shape index (κ2) is 5.00. The Balaban J connectivity index is 2.58. The first-order valence-electron chi connectivity index (χ1n) is 5.71. The Morgan fingerprint density at radius 3 is 2.59 bits per heavy atom. The molecule has 1 aliphatic carbocycles. The molecule has 1 aromatic rings. The lowest BCUT2D eigenvalue weighted by molar-refractivity contribution is 0.0982. The van der Waals surface area contributed by atoms with Crippen molar-refractivity contribution in [3.63, 3.8) is 0 Å². The van der Waals surface area contributed by atoms with Gasteiger partial charge in [-0.1, -0.05) is 0 Å². The van der Waals surface area contributed by atoms with Gasteiger partial charge in [0.25, 0.3) is 0 Å². The van der Waals surface area contributed by atoms with Gasteiger partial charge in [0.2, 0.25) is 0 Å². The first kappa shape index (κ1) is 12.3. The summed E-state index contributed by atoms with van der Waals surface area (Å²) in [5.41, 5.74) is 1.76. The molecule has 2 rings (SSSR count). The van der Waals surface area contributed by atoms with Crippen LogP contribution in [0.3, 0.4) is 0 Å². The summed E-state index contributed by atoms with van der Waals surface area (Å²) in [5, 5.41) is 0. The van der Waals surface area contributed by atoms with Gasteiger partial charge < -0.3 is 4.74 Å². The molecule has 92 valence electrons. The highest BCUT2D eigenvalue weighted by molar-refractivity contribution is 7.84. The monoisotopic (exact) mass is 252 g/mol. The molecule has 0 unspecified atom stereocenters. The van der Waals surface area contributed by atoms with Gasteiger partial charge in [-0.15, -0.1) is 0 Å². The van der Waals surface area contributed by atoms with Crippen LogP contribution in [0.1, 0.15) is 35.2 Å². The second-order valence-corrected chi connectivity index (χ2v) is 5.59. The molecular weight excluding hydrogens is 236 g/mol. The Bertz CT molecular complexity index is 480. The van der Waals surface area contributed by atoms with Crippen LogP contribution in [0.2, 0.25) is 0 Å². The highest BCUT2D eigenvalue weighted by Gasteiger charge is 2.19. The third kappa shape index (κ3) is 2.41. The number of methoxy groups -OCH3 is 1. The Morgan fingerprint density at radius 2 is 1.94 bits per heavy atom. The molecule has 4 heteroatoms. The quantitative estimate of drug-likeness (QED) is 0.759. The minimum atomic E-state index is -1.14. The first-order chi connectivity index (χ1) is 8.13. The van der Waals surface area contributed by atoms with Gasteiger partial charge in [0.1, 0.15) is 5.75 Å².